The van der Waals surface area contributed by atoms with Crippen molar-refractivity contribution in [3.63, 3.8) is 0 Å². The third-order valence-electron chi connectivity index (χ3n) is 6.87. The standard InChI is InChI=1S/C29H34F3NO2S2/c1-7-12-33-26(36)37-20(17-34)14-19-8-9-25(35-29(30,31)32)22(15-19)21-16-24-23(13-18(21)2)27(3,4)10-11-28(24,5)6/h8-9,13-17H,7,10-12H2,1-6H3,(H,33,36)/b20-14-. The smallest absolute Gasteiger partial charge is 0.405 e. The van der Waals surface area contributed by atoms with Gasteiger partial charge in [0.25, 0.3) is 0 Å². The fraction of sp³-hybridized carbons (Fsp3) is 0.448. The van der Waals surface area contributed by atoms with Gasteiger partial charge in [-0.25, -0.2) is 0 Å². The molecule has 1 aliphatic carbocycles. The minimum Gasteiger partial charge on any atom is -0.405 e. The highest BCUT2D eigenvalue weighted by Gasteiger charge is 2.38. The van der Waals surface area contributed by atoms with Gasteiger partial charge in [0.2, 0.25) is 0 Å². The van der Waals surface area contributed by atoms with Crippen LogP contribution in [-0.2, 0) is 15.6 Å². The topological polar surface area (TPSA) is 38.3 Å². The van der Waals surface area contributed by atoms with Gasteiger partial charge in [-0.1, -0.05) is 70.7 Å². The Kier molecular flexibility index (Phi) is 8.85. The number of alkyl halides is 3. The van der Waals surface area contributed by atoms with E-state index in [1.165, 1.54) is 17.7 Å². The lowest BCUT2D eigenvalue weighted by molar-refractivity contribution is -0.274. The van der Waals surface area contributed by atoms with Crippen LogP contribution in [0.4, 0.5) is 13.2 Å². The molecule has 1 N–H and O–H groups in total. The monoisotopic (exact) mass is 549 g/mol. The van der Waals surface area contributed by atoms with E-state index in [1.54, 1.807) is 12.1 Å². The molecule has 2 aromatic rings. The molecule has 0 radical (unpaired) electrons. The molecule has 0 heterocycles. The number of benzene rings is 2. The minimum atomic E-state index is -4.84. The predicted octanol–water partition coefficient (Wildman–Crippen LogP) is 8.47. The van der Waals surface area contributed by atoms with Crippen LogP contribution in [0.25, 0.3) is 17.2 Å². The molecule has 0 bridgehead atoms. The number of hydrogen-bond donors (Lipinski definition) is 1. The van der Waals surface area contributed by atoms with E-state index in [4.69, 9.17) is 12.2 Å². The summed E-state index contributed by atoms with van der Waals surface area (Å²) < 4.78 is 44.9. The third-order valence-corrected chi connectivity index (χ3v) is 8.05. The average molecular weight is 550 g/mol. The van der Waals surface area contributed by atoms with E-state index >= 15 is 0 Å². The number of aldehydes is 1. The summed E-state index contributed by atoms with van der Waals surface area (Å²) in [6.07, 6.45) is 0.388. The second-order valence-electron chi connectivity index (χ2n) is 10.8. The zero-order chi connectivity index (χ0) is 27.6. The molecule has 37 heavy (non-hydrogen) atoms. The molecule has 2 aromatic carbocycles. The van der Waals surface area contributed by atoms with Crippen LogP contribution in [0.5, 0.6) is 5.75 Å². The SMILES string of the molecule is CCCNC(=S)S/C(C=O)=C\c1ccc(OC(F)(F)F)c(-c2cc3c(cc2C)C(C)(C)CCC3(C)C)c1. The summed E-state index contributed by atoms with van der Waals surface area (Å²) in [5.41, 5.74) is 4.68. The van der Waals surface area contributed by atoms with Gasteiger partial charge in [0.05, 0.1) is 4.91 Å². The normalized spacial score (nSPS) is 16.6. The van der Waals surface area contributed by atoms with Gasteiger partial charge in [-0.05, 0) is 89.1 Å². The zero-order valence-corrected chi connectivity index (χ0v) is 23.8. The Bertz CT molecular complexity index is 1220. The summed E-state index contributed by atoms with van der Waals surface area (Å²) in [5.74, 6) is -0.277. The lowest BCUT2D eigenvalue weighted by Crippen LogP contribution is -2.34. The highest BCUT2D eigenvalue weighted by atomic mass is 32.2. The van der Waals surface area contributed by atoms with Crippen molar-refractivity contribution in [1.82, 2.24) is 5.32 Å². The van der Waals surface area contributed by atoms with Gasteiger partial charge in [0.15, 0.2) is 6.29 Å². The van der Waals surface area contributed by atoms with E-state index in [1.807, 2.05) is 19.9 Å². The zero-order valence-electron chi connectivity index (χ0n) is 22.1. The molecular formula is C29H34F3NO2S2. The molecule has 0 unspecified atom stereocenters. The van der Waals surface area contributed by atoms with E-state index < -0.39 is 6.36 Å². The van der Waals surface area contributed by atoms with Crippen LogP contribution in [0.15, 0.2) is 35.2 Å². The lowest BCUT2D eigenvalue weighted by Gasteiger charge is -2.42. The summed E-state index contributed by atoms with van der Waals surface area (Å²) in [6.45, 7) is 13.4. The maximum Gasteiger partial charge on any atom is 0.573 e. The first-order valence-corrected chi connectivity index (χ1v) is 13.6. The molecule has 200 valence electrons. The van der Waals surface area contributed by atoms with Gasteiger partial charge in [-0.15, -0.1) is 13.2 Å². The van der Waals surface area contributed by atoms with Crippen molar-refractivity contribution in [3.8, 4) is 16.9 Å². The highest BCUT2D eigenvalue weighted by molar-refractivity contribution is 8.26. The van der Waals surface area contributed by atoms with Crippen molar-refractivity contribution in [3.05, 3.63) is 57.5 Å². The number of thiocarbonyl (C=S) groups is 1. The van der Waals surface area contributed by atoms with Gasteiger partial charge < -0.3 is 10.1 Å². The molecule has 1 aliphatic rings. The molecule has 0 fully saturated rings. The summed E-state index contributed by atoms with van der Waals surface area (Å²) in [4.78, 5) is 12.1. The lowest BCUT2D eigenvalue weighted by atomic mass is 9.62. The molecule has 3 nitrogen and oxygen atoms in total. The van der Waals surface area contributed by atoms with Crippen LogP contribution in [0.3, 0.4) is 0 Å². The molecule has 0 saturated heterocycles. The third kappa shape index (κ3) is 7.17. The first-order valence-electron chi connectivity index (χ1n) is 12.3. The number of fused-ring (bicyclic) bond motifs is 1. The van der Waals surface area contributed by atoms with Crippen molar-refractivity contribution in [2.75, 3.05) is 6.54 Å². The number of carbonyl (C=O) groups is 1. The number of rotatable bonds is 7. The van der Waals surface area contributed by atoms with Gasteiger partial charge in [0, 0.05) is 12.1 Å². The summed E-state index contributed by atoms with van der Waals surface area (Å²) >= 11 is 6.40. The van der Waals surface area contributed by atoms with Crippen LogP contribution in [0, 0.1) is 6.92 Å². The first kappa shape index (κ1) is 29.2. The van der Waals surface area contributed by atoms with Crippen LogP contribution < -0.4 is 10.1 Å². The van der Waals surface area contributed by atoms with Gasteiger partial charge >= 0.3 is 6.36 Å². The largest absolute Gasteiger partial charge is 0.573 e. The fourth-order valence-electron chi connectivity index (χ4n) is 4.70. The van der Waals surface area contributed by atoms with Crippen molar-refractivity contribution in [2.45, 2.75) is 78.0 Å². The highest BCUT2D eigenvalue weighted by Crippen LogP contribution is 2.48. The van der Waals surface area contributed by atoms with Crippen LogP contribution >= 0.6 is 24.0 Å². The number of carbonyl (C=O) groups excluding carboxylic acids is 1. The second-order valence-corrected chi connectivity index (χ2v) is 12.5. The Labute approximate surface area is 227 Å². The van der Waals surface area contributed by atoms with E-state index in [0.29, 0.717) is 38.7 Å². The maximum atomic E-state index is 13.3. The molecule has 8 heteroatoms. The molecule has 0 amide bonds. The number of ether oxygens (including phenoxy) is 1. The fourth-order valence-corrected chi connectivity index (χ4v) is 5.72. The number of thioether (sulfide) groups is 1. The van der Waals surface area contributed by atoms with E-state index in [0.717, 1.165) is 42.2 Å². The van der Waals surface area contributed by atoms with Crippen molar-refractivity contribution in [2.24, 2.45) is 0 Å². The second kappa shape index (κ2) is 11.2. The molecule has 0 aliphatic heterocycles. The predicted molar refractivity (Wildman–Crippen MR) is 151 cm³/mol. The summed E-state index contributed by atoms with van der Waals surface area (Å²) in [5, 5.41) is 3.06. The van der Waals surface area contributed by atoms with Crippen LogP contribution in [0.2, 0.25) is 0 Å². The molecule has 0 saturated carbocycles. The van der Waals surface area contributed by atoms with Crippen LogP contribution in [0.1, 0.15) is 76.1 Å². The number of nitrogens with one attached hydrogen (secondary N) is 1. The maximum absolute atomic E-state index is 13.3. The Morgan fingerprint density at radius 3 is 2.27 bits per heavy atom. The van der Waals surface area contributed by atoms with Gasteiger partial charge in [0.1, 0.15) is 10.1 Å². The Morgan fingerprint density at radius 1 is 1.08 bits per heavy atom. The summed E-state index contributed by atoms with van der Waals surface area (Å²) in [6, 6.07) is 8.59. The number of allylic oxidation sites excluding steroid dienone is 1. The van der Waals surface area contributed by atoms with Crippen molar-refractivity contribution < 1.29 is 22.7 Å². The van der Waals surface area contributed by atoms with Gasteiger partial charge in [-0.3, -0.25) is 4.79 Å². The van der Waals surface area contributed by atoms with Gasteiger partial charge in [-0.2, -0.15) is 0 Å². The molecule has 0 aromatic heterocycles. The van der Waals surface area contributed by atoms with Crippen molar-refractivity contribution in [1.29, 1.82) is 0 Å². The molecule has 0 atom stereocenters. The van der Waals surface area contributed by atoms with E-state index in [2.05, 4.69) is 43.8 Å². The first-order chi connectivity index (χ1) is 17.2. The summed E-state index contributed by atoms with van der Waals surface area (Å²) in [7, 11) is 0. The minimum absolute atomic E-state index is 0.0235. The van der Waals surface area contributed by atoms with Crippen molar-refractivity contribution >= 4 is 40.7 Å². The average Bonchev–Trinajstić information content (AvgIpc) is 2.80. The van der Waals surface area contributed by atoms with E-state index in [-0.39, 0.29) is 16.6 Å². The number of hydrogen-bond acceptors (Lipinski definition) is 4. The Hall–Kier alpha value is -2.32. The Balaban J connectivity index is 2.15. The quantitative estimate of drug-likeness (QED) is 0.213. The molecular weight excluding hydrogens is 515 g/mol. The number of halogens is 3. The molecule has 3 rings (SSSR count). The molecule has 0 spiro atoms. The Morgan fingerprint density at radius 2 is 1.70 bits per heavy atom. The van der Waals surface area contributed by atoms with E-state index in [9.17, 15) is 18.0 Å². The number of aryl methyl sites for hydroxylation is 1. The van der Waals surface area contributed by atoms with Crippen LogP contribution in [-0.4, -0.2) is 23.5 Å².